The van der Waals surface area contributed by atoms with Crippen molar-refractivity contribution in [2.45, 2.75) is 0 Å². The summed E-state index contributed by atoms with van der Waals surface area (Å²) in [4.78, 5) is 24.1. The van der Waals surface area contributed by atoms with Crippen LogP contribution in [0.15, 0.2) is 42.9 Å². The summed E-state index contributed by atoms with van der Waals surface area (Å²) in [5, 5.41) is 4.42. The van der Waals surface area contributed by atoms with Gasteiger partial charge in [-0.3, -0.25) is 9.78 Å². The average molecular weight is 319 g/mol. The molecule has 1 aromatic carbocycles. The number of halogens is 2. The third-order valence-electron chi connectivity index (χ3n) is 2.87. The van der Waals surface area contributed by atoms with Gasteiger partial charge in [0, 0.05) is 11.6 Å². The predicted molar refractivity (Wildman–Crippen MR) is 81.7 cm³/mol. The van der Waals surface area contributed by atoms with Crippen molar-refractivity contribution in [3.05, 3.63) is 58.7 Å². The Labute approximate surface area is 130 Å². The highest BCUT2D eigenvalue weighted by atomic mass is 35.5. The summed E-state index contributed by atoms with van der Waals surface area (Å²) in [6, 6.07) is 9.30. The highest BCUT2D eigenvalue weighted by Crippen LogP contribution is 2.26. The van der Waals surface area contributed by atoms with Crippen LogP contribution in [0.5, 0.6) is 0 Å². The Balaban J connectivity index is 2.00. The minimum absolute atomic E-state index is 0.0767. The Bertz CT molecular complexity index is 833. The van der Waals surface area contributed by atoms with Gasteiger partial charge in [0.15, 0.2) is 11.0 Å². The van der Waals surface area contributed by atoms with Crippen LogP contribution in [-0.2, 0) is 0 Å². The number of rotatable bonds is 2. The van der Waals surface area contributed by atoms with Crippen LogP contribution in [0.1, 0.15) is 10.5 Å². The molecule has 7 heteroatoms. The monoisotopic (exact) mass is 318 g/mol. The van der Waals surface area contributed by atoms with Crippen LogP contribution in [0.4, 0.5) is 5.82 Å². The van der Waals surface area contributed by atoms with Gasteiger partial charge >= 0.3 is 0 Å². The number of amides is 1. The van der Waals surface area contributed by atoms with Crippen molar-refractivity contribution in [3.63, 3.8) is 0 Å². The van der Waals surface area contributed by atoms with Gasteiger partial charge in [-0.2, -0.15) is 0 Å². The molecule has 0 spiro atoms. The van der Waals surface area contributed by atoms with E-state index in [9.17, 15) is 4.79 Å². The number of nitrogens with zero attached hydrogens (tertiary/aromatic N) is 3. The topological polar surface area (TPSA) is 67.8 Å². The summed E-state index contributed by atoms with van der Waals surface area (Å²) in [7, 11) is 0. The average Bonchev–Trinajstić information content (AvgIpc) is 2.51. The molecular weight excluding hydrogens is 311 g/mol. The first-order chi connectivity index (χ1) is 10.2. The van der Waals surface area contributed by atoms with E-state index in [1.807, 2.05) is 30.3 Å². The van der Waals surface area contributed by atoms with Crippen molar-refractivity contribution in [2.24, 2.45) is 0 Å². The summed E-state index contributed by atoms with van der Waals surface area (Å²) in [6.07, 6.45) is 2.80. The second kappa shape index (κ2) is 5.63. The van der Waals surface area contributed by atoms with Gasteiger partial charge in [0.25, 0.3) is 5.91 Å². The Hall–Kier alpha value is -2.24. The van der Waals surface area contributed by atoms with Crippen molar-refractivity contribution in [2.75, 3.05) is 5.32 Å². The Morgan fingerprint density at radius 1 is 1.05 bits per heavy atom. The van der Waals surface area contributed by atoms with E-state index >= 15 is 0 Å². The summed E-state index contributed by atoms with van der Waals surface area (Å²) in [6.45, 7) is 0. The van der Waals surface area contributed by atoms with E-state index in [1.165, 1.54) is 6.33 Å². The summed E-state index contributed by atoms with van der Waals surface area (Å²) < 4.78 is 0. The Kier molecular flexibility index (Phi) is 3.68. The maximum atomic E-state index is 12.4. The maximum absolute atomic E-state index is 12.4. The lowest BCUT2D eigenvalue weighted by Gasteiger charge is -2.08. The van der Waals surface area contributed by atoms with Crippen LogP contribution in [-0.4, -0.2) is 20.9 Å². The minimum Gasteiger partial charge on any atom is -0.304 e. The van der Waals surface area contributed by atoms with Gasteiger partial charge in [0.05, 0.1) is 0 Å². The number of anilines is 1. The van der Waals surface area contributed by atoms with Crippen molar-refractivity contribution in [1.29, 1.82) is 0 Å². The summed E-state index contributed by atoms with van der Waals surface area (Å²) in [5.74, 6) is -0.264. The van der Waals surface area contributed by atoms with Crippen LogP contribution < -0.4 is 5.32 Å². The zero-order valence-corrected chi connectivity index (χ0v) is 12.1. The Morgan fingerprint density at radius 3 is 2.71 bits per heavy atom. The first kappa shape index (κ1) is 13.7. The molecule has 0 bridgehead atoms. The van der Waals surface area contributed by atoms with Gasteiger partial charge in [0.1, 0.15) is 17.0 Å². The number of benzene rings is 1. The predicted octanol–water partition coefficient (Wildman–Crippen LogP) is 3.58. The normalized spacial score (nSPS) is 10.6. The molecule has 0 fully saturated rings. The lowest BCUT2D eigenvalue weighted by Crippen LogP contribution is -2.15. The van der Waals surface area contributed by atoms with Gasteiger partial charge in [-0.05, 0) is 11.5 Å². The van der Waals surface area contributed by atoms with Crippen molar-refractivity contribution < 1.29 is 4.79 Å². The van der Waals surface area contributed by atoms with E-state index in [0.29, 0.717) is 5.69 Å². The lowest BCUT2D eigenvalue weighted by molar-refractivity contribution is 0.102. The highest BCUT2D eigenvalue weighted by molar-refractivity contribution is 6.43. The number of carbonyl (C=O) groups excluding carboxylic acids is 1. The van der Waals surface area contributed by atoms with Gasteiger partial charge in [-0.1, -0.05) is 47.5 Å². The number of fused-ring (bicyclic) bond motifs is 1. The third-order valence-corrected chi connectivity index (χ3v) is 3.61. The second-order valence-electron chi connectivity index (χ2n) is 4.16. The number of carbonyl (C=O) groups is 1. The summed E-state index contributed by atoms with van der Waals surface area (Å²) in [5.41, 5.74) is 0.291. The van der Waals surface area contributed by atoms with Crippen LogP contribution in [0.25, 0.3) is 10.8 Å². The molecular formula is C14H8Cl2N4O. The molecule has 0 aliphatic heterocycles. The van der Waals surface area contributed by atoms with E-state index in [-0.39, 0.29) is 16.0 Å². The molecule has 0 unspecified atom stereocenters. The van der Waals surface area contributed by atoms with Gasteiger partial charge in [-0.25, -0.2) is 9.97 Å². The number of pyridine rings is 1. The number of aromatic nitrogens is 3. The zero-order valence-electron chi connectivity index (χ0n) is 10.5. The fourth-order valence-electron chi connectivity index (χ4n) is 1.90. The van der Waals surface area contributed by atoms with Gasteiger partial charge in [0.2, 0.25) is 0 Å². The molecule has 2 heterocycles. The molecule has 1 N–H and O–H groups in total. The SMILES string of the molecule is O=C(Nc1ncnc(Cl)c1Cl)c1nccc2ccccc12. The molecule has 3 aromatic rings. The van der Waals surface area contributed by atoms with E-state index in [1.54, 1.807) is 6.20 Å². The minimum atomic E-state index is -0.413. The molecule has 0 aliphatic rings. The van der Waals surface area contributed by atoms with Crippen molar-refractivity contribution in [3.8, 4) is 0 Å². The van der Waals surface area contributed by atoms with Crippen LogP contribution in [0.2, 0.25) is 10.2 Å². The molecule has 0 saturated heterocycles. The molecule has 0 aliphatic carbocycles. The smallest absolute Gasteiger partial charge is 0.276 e. The van der Waals surface area contributed by atoms with Crippen LogP contribution in [0, 0.1) is 0 Å². The lowest BCUT2D eigenvalue weighted by atomic mass is 10.1. The molecule has 104 valence electrons. The number of hydrogen-bond donors (Lipinski definition) is 1. The van der Waals surface area contributed by atoms with Gasteiger partial charge in [-0.15, -0.1) is 0 Å². The fourth-order valence-corrected chi connectivity index (χ4v) is 2.18. The molecule has 1 amide bonds. The van der Waals surface area contributed by atoms with Crippen LogP contribution in [0.3, 0.4) is 0 Å². The summed E-state index contributed by atoms with van der Waals surface area (Å²) >= 11 is 11.7. The van der Waals surface area contributed by atoms with E-state index in [0.717, 1.165) is 10.8 Å². The molecule has 0 radical (unpaired) electrons. The number of hydrogen-bond acceptors (Lipinski definition) is 4. The molecule has 2 aromatic heterocycles. The first-order valence-electron chi connectivity index (χ1n) is 5.98. The highest BCUT2D eigenvalue weighted by Gasteiger charge is 2.15. The molecule has 0 saturated carbocycles. The van der Waals surface area contributed by atoms with E-state index in [4.69, 9.17) is 23.2 Å². The molecule has 21 heavy (non-hydrogen) atoms. The first-order valence-corrected chi connectivity index (χ1v) is 6.73. The number of nitrogens with one attached hydrogen (secondary N) is 1. The fraction of sp³-hybridized carbons (Fsp3) is 0. The quantitative estimate of drug-likeness (QED) is 0.733. The zero-order chi connectivity index (χ0) is 14.8. The third kappa shape index (κ3) is 2.66. The van der Waals surface area contributed by atoms with E-state index in [2.05, 4.69) is 20.3 Å². The molecule has 0 atom stereocenters. The van der Waals surface area contributed by atoms with E-state index < -0.39 is 5.91 Å². The standard InChI is InChI=1S/C14H8Cl2N4O/c15-10-12(16)18-7-19-13(10)20-14(21)11-9-4-2-1-3-8(9)5-6-17-11/h1-7H,(H,18,19,20,21). The molecule has 5 nitrogen and oxygen atoms in total. The molecule has 3 rings (SSSR count). The Morgan fingerprint density at radius 2 is 1.86 bits per heavy atom. The maximum Gasteiger partial charge on any atom is 0.276 e. The van der Waals surface area contributed by atoms with Gasteiger partial charge < -0.3 is 5.32 Å². The van der Waals surface area contributed by atoms with Crippen LogP contribution >= 0.6 is 23.2 Å². The largest absolute Gasteiger partial charge is 0.304 e. The van der Waals surface area contributed by atoms with Crippen molar-refractivity contribution in [1.82, 2.24) is 15.0 Å². The second-order valence-corrected chi connectivity index (χ2v) is 4.90. The van der Waals surface area contributed by atoms with Crippen molar-refractivity contribution >= 4 is 45.7 Å².